The quantitative estimate of drug-likeness (QED) is 0.213. The number of amides is 2. The van der Waals surface area contributed by atoms with Gasteiger partial charge in [0.15, 0.2) is 5.82 Å². The number of nitrogens with zero attached hydrogens (tertiary/aromatic N) is 3. The first-order chi connectivity index (χ1) is 22.9. The van der Waals surface area contributed by atoms with Gasteiger partial charge in [-0.05, 0) is 66.6 Å². The molecule has 238 valence electrons. The van der Waals surface area contributed by atoms with Crippen molar-refractivity contribution >= 4 is 23.2 Å². The van der Waals surface area contributed by atoms with Gasteiger partial charge in [-0.25, -0.2) is 9.18 Å². The fraction of sp³-hybridized carbons (Fsp3) is 0.286. The Kier molecular flexibility index (Phi) is 7.33. The van der Waals surface area contributed by atoms with Crippen LogP contribution in [0.1, 0.15) is 85.6 Å². The smallest absolute Gasteiger partial charge is 0.377 e. The predicted octanol–water partition coefficient (Wildman–Crippen LogP) is 5.93. The molecule has 5 aromatic rings. The molecular weight excluding hydrogens is 621 g/mol. The van der Waals surface area contributed by atoms with Crippen LogP contribution in [0.3, 0.4) is 0 Å². The van der Waals surface area contributed by atoms with E-state index in [4.69, 9.17) is 14.2 Å². The van der Waals surface area contributed by atoms with E-state index in [-0.39, 0.29) is 41.6 Å². The van der Waals surface area contributed by atoms with Crippen LogP contribution in [-0.2, 0) is 17.6 Å². The van der Waals surface area contributed by atoms with Gasteiger partial charge in [0.2, 0.25) is 0 Å². The molecule has 0 spiro atoms. The summed E-state index contributed by atoms with van der Waals surface area (Å²) < 4.78 is 24.2. The van der Waals surface area contributed by atoms with E-state index in [2.05, 4.69) is 15.5 Å². The molecule has 0 saturated carbocycles. The van der Waals surface area contributed by atoms with E-state index in [9.17, 15) is 18.8 Å². The summed E-state index contributed by atoms with van der Waals surface area (Å²) in [5.74, 6) is -1.26. The molecule has 12 heteroatoms. The first-order valence-electron chi connectivity index (χ1n) is 15.6. The summed E-state index contributed by atoms with van der Waals surface area (Å²) >= 11 is 1.27. The van der Waals surface area contributed by atoms with Gasteiger partial charge in [0.05, 0.1) is 45.6 Å². The average Bonchev–Trinajstić information content (AvgIpc) is 3.92. The van der Waals surface area contributed by atoms with Gasteiger partial charge in [0, 0.05) is 30.5 Å². The Morgan fingerprint density at radius 2 is 1.87 bits per heavy atom. The van der Waals surface area contributed by atoms with Crippen molar-refractivity contribution < 1.29 is 23.2 Å². The number of aromatic amines is 1. The van der Waals surface area contributed by atoms with E-state index in [0.717, 1.165) is 29.5 Å². The number of hydrogen-bond donors (Lipinski definition) is 2. The number of benzene rings is 2. The predicted molar refractivity (Wildman–Crippen MR) is 172 cm³/mol. The van der Waals surface area contributed by atoms with E-state index in [1.165, 1.54) is 23.5 Å². The summed E-state index contributed by atoms with van der Waals surface area (Å²) in [5, 5.41) is 7.20. The molecule has 3 atom stereocenters. The molecule has 1 fully saturated rings. The lowest BCUT2D eigenvalue weighted by molar-refractivity contribution is 0.0775. The Morgan fingerprint density at radius 1 is 1.06 bits per heavy atom. The Bertz CT molecular complexity index is 2090. The van der Waals surface area contributed by atoms with Gasteiger partial charge in [0.1, 0.15) is 5.82 Å². The van der Waals surface area contributed by atoms with Crippen molar-refractivity contribution in [3.05, 3.63) is 116 Å². The minimum atomic E-state index is -0.736. The van der Waals surface area contributed by atoms with Crippen LogP contribution >= 0.6 is 11.3 Å². The Balaban J connectivity index is 1.22. The van der Waals surface area contributed by atoms with Crippen LogP contribution in [0.2, 0.25) is 0 Å². The highest BCUT2D eigenvalue weighted by atomic mass is 32.1. The maximum atomic E-state index is 14.0. The van der Waals surface area contributed by atoms with Crippen molar-refractivity contribution in [3.63, 3.8) is 0 Å². The molecule has 2 N–H and O–H groups in total. The molecule has 0 unspecified atom stereocenters. The van der Waals surface area contributed by atoms with Gasteiger partial charge in [-0.3, -0.25) is 24.1 Å². The Hall–Kier alpha value is -4.94. The topological polar surface area (TPSA) is 130 Å². The number of carbonyl (C=O) groups is 2. The lowest BCUT2D eigenvalue weighted by Gasteiger charge is -2.16. The number of pyridine rings is 1. The summed E-state index contributed by atoms with van der Waals surface area (Å²) in [6, 6.07) is 17.5. The minimum absolute atomic E-state index is 0.101. The lowest BCUT2D eigenvalue weighted by atomic mass is 9.93. The van der Waals surface area contributed by atoms with Crippen molar-refractivity contribution in [2.75, 3.05) is 13.7 Å². The summed E-state index contributed by atoms with van der Waals surface area (Å²) in [4.78, 5) is 50.6. The van der Waals surface area contributed by atoms with Crippen molar-refractivity contribution in [2.24, 2.45) is 0 Å². The van der Waals surface area contributed by atoms with E-state index in [0.29, 0.717) is 63.6 Å². The fourth-order valence-electron chi connectivity index (χ4n) is 7.26. The standard InChI is InChI=1S/C35H30FN5O5S/c1-45-25-17-23(20-5-2-3-6-21(20)25)38-33(42)27-15-14-26(47-27)29-28(32-39-35(44)46-40-32)22(13-10-18-8-11-19(36)12-9-18)37-31-24-7-4-16-41(24)34(43)30(29)31/h2-3,5-6,8-9,11-12,14-15,23-25H,4,7,10,13,16-17H2,1H3,(H,38,42)(H,39,40,44)/t23-,24-,25+/m1/s1. The first-order valence-corrected chi connectivity index (χ1v) is 16.4. The minimum Gasteiger partial charge on any atom is -0.377 e. The molecule has 1 saturated heterocycles. The average molecular weight is 652 g/mol. The molecule has 3 aromatic heterocycles. The van der Waals surface area contributed by atoms with Crippen LogP contribution < -0.4 is 11.1 Å². The fourth-order valence-corrected chi connectivity index (χ4v) is 8.22. The summed E-state index contributed by atoms with van der Waals surface area (Å²) in [5.41, 5.74) is 5.84. The number of nitrogens with one attached hydrogen (secondary N) is 2. The van der Waals surface area contributed by atoms with Crippen molar-refractivity contribution in [1.82, 2.24) is 25.3 Å². The van der Waals surface area contributed by atoms with E-state index in [1.807, 2.05) is 35.2 Å². The second kappa shape index (κ2) is 11.7. The highest BCUT2D eigenvalue weighted by Crippen LogP contribution is 2.49. The Morgan fingerprint density at radius 3 is 2.64 bits per heavy atom. The number of aryl methyl sites for hydroxylation is 2. The maximum Gasteiger partial charge on any atom is 0.439 e. The van der Waals surface area contributed by atoms with Crippen molar-refractivity contribution in [3.8, 4) is 21.8 Å². The highest BCUT2D eigenvalue weighted by molar-refractivity contribution is 7.17. The van der Waals surface area contributed by atoms with E-state index >= 15 is 0 Å². The van der Waals surface area contributed by atoms with Crippen LogP contribution in [-0.4, -0.2) is 45.5 Å². The second-order valence-electron chi connectivity index (χ2n) is 12.1. The second-order valence-corrected chi connectivity index (χ2v) is 13.2. The highest BCUT2D eigenvalue weighted by Gasteiger charge is 2.44. The molecule has 2 aliphatic heterocycles. The van der Waals surface area contributed by atoms with Crippen LogP contribution in [0, 0.1) is 5.82 Å². The molecule has 47 heavy (non-hydrogen) atoms. The number of rotatable bonds is 8. The van der Waals surface area contributed by atoms with E-state index in [1.54, 1.807) is 25.3 Å². The molecule has 0 bridgehead atoms. The number of fused-ring (bicyclic) bond motifs is 4. The van der Waals surface area contributed by atoms with Crippen molar-refractivity contribution in [1.29, 1.82) is 0 Å². The molecule has 5 heterocycles. The number of methoxy groups -OCH3 is 1. The molecule has 2 amide bonds. The summed E-state index contributed by atoms with van der Waals surface area (Å²) in [7, 11) is 1.67. The van der Waals surface area contributed by atoms with Gasteiger partial charge >= 0.3 is 5.76 Å². The van der Waals surface area contributed by atoms with E-state index < -0.39 is 5.76 Å². The molecule has 1 aliphatic carbocycles. The zero-order chi connectivity index (χ0) is 32.2. The third kappa shape index (κ3) is 5.08. The van der Waals surface area contributed by atoms with Crippen LogP contribution in [0.4, 0.5) is 4.39 Å². The number of thiophene rings is 1. The maximum absolute atomic E-state index is 14.0. The largest absolute Gasteiger partial charge is 0.439 e. The number of hydrogen-bond acceptors (Lipinski definition) is 8. The first kappa shape index (κ1) is 29.5. The van der Waals surface area contributed by atoms with Crippen LogP contribution in [0.25, 0.3) is 21.8 Å². The summed E-state index contributed by atoms with van der Waals surface area (Å²) in [6.45, 7) is 0.629. The van der Waals surface area contributed by atoms with Gasteiger partial charge in [-0.15, -0.1) is 11.3 Å². The molecule has 3 aliphatic rings. The van der Waals surface area contributed by atoms with Gasteiger partial charge in [-0.1, -0.05) is 41.6 Å². The molecule has 8 rings (SSSR count). The molecule has 2 aromatic carbocycles. The zero-order valence-electron chi connectivity index (χ0n) is 25.4. The molecular formula is C35H30FN5O5S. The van der Waals surface area contributed by atoms with Crippen LogP contribution in [0.5, 0.6) is 0 Å². The Labute approximate surface area is 272 Å². The van der Waals surface area contributed by atoms with Gasteiger partial charge in [0.25, 0.3) is 11.8 Å². The number of H-pyrrole nitrogens is 1. The number of ether oxygens (including phenoxy) is 1. The molecule has 10 nitrogen and oxygen atoms in total. The van der Waals surface area contributed by atoms with Gasteiger partial charge in [-0.2, -0.15) is 0 Å². The third-order valence-corrected chi connectivity index (χ3v) is 10.5. The van der Waals surface area contributed by atoms with Crippen LogP contribution in [0.15, 0.2) is 70.0 Å². The normalized spacial score (nSPS) is 19.6. The SMILES string of the molecule is CO[C@H]1C[C@@H](NC(=O)c2ccc(-c3c4c(nc(CCc5ccc(F)cc5)c3-c3noc(=O)[nH]3)[C@H]3CCCN3C4=O)s2)c2ccccc21. The zero-order valence-corrected chi connectivity index (χ0v) is 26.2. The molecule has 0 radical (unpaired) electrons. The van der Waals surface area contributed by atoms with Gasteiger partial charge < -0.3 is 15.0 Å². The third-order valence-electron chi connectivity index (χ3n) is 9.42. The van der Waals surface area contributed by atoms with Crippen molar-refractivity contribution in [2.45, 2.75) is 50.3 Å². The monoisotopic (exact) mass is 651 g/mol. The number of aromatic nitrogens is 3. The number of halogens is 1. The lowest BCUT2D eigenvalue weighted by Crippen LogP contribution is -2.26. The number of carbonyl (C=O) groups excluding carboxylic acids is 2. The summed E-state index contributed by atoms with van der Waals surface area (Å²) in [6.07, 6.45) is 3.17.